The highest BCUT2D eigenvalue weighted by Gasteiger charge is 2.47. The standard InChI is InChI=1S/C11H15NO4.C6H10O/c1-7-8(9(13)14)5-4-6-11(7,10(15)16)12(2)3;1-3-5-6(7)4-2/h4-7H,1-3H3,(H,13,14)(H,15,16);4H,2-3,5H2,1H3. The third kappa shape index (κ3) is 4.89. The van der Waals surface area contributed by atoms with Crippen LogP contribution in [0.15, 0.2) is 36.5 Å². The normalized spacial score (nSPS) is 22.7. The zero-order valence-corrected chi connectivity index (χ0v) is 14.1. The quantitative estimate of drug-likeness (QED) is 0.727. The molecule has 1 aliphatic rings. The Morgan fingerprint density at radius 1 is 1.35 bits per heavy atom. The molecule has 0 bridgehead atoms. The van der Waals surface area contributed by atoms with Gasteiger partial charge in [0.25, 0.3) is 0 Å². The van der Waals surface area contributed by atoms with Gasteiger partial charge in [-0.25, -0.2) is 9.59 Å². The number of ketones is 1. The zero-order valence-electron chi connectivity index (χ0n) is 14.1. The highest BCUT2D eigenvalue weighted by atomic mass is 16.4. The summed E-state index contributed by atoms with van der Waals surface area (Å²) in [5, 5.41) is 18.3. The fourth-order valence-electron chi connectivity index (χ4n) is 2.41. The molecule has 1 rings (SSSR count). The van der Waals surface area contributed by atoms with Crippen molar-refractivity contribution in [2.75, 3.05) is 14.1 Å². The molecular weight excluding hydrogens is 298 g/mol. The Kier molecular flexibility index (Phi) is 8.18. The first-order valence-electron chi connectivity index (χ1n) is 7.33. The molecule has 0 radical (unpaired) electrons. The fraction of sp³-hybridized carbons (Fsp3) is 0.471. The molecular formula is C17H25NO5. The van der Waals surface area contributed by atoms with Gasteiger partial charge < -0.3 is 10.2 Å². The van der Waals surface area contributed by atoms with Crippen molar-refractivity contribution in [2.45, 2.75) is 32.2 Å². The van der Waals surface area contributed by atoms with Gasteiger partial charge in [0.2, 0.25) is 0 Å². The second-order valence-electron chi connectivity index (χ2n) is 5.45. The molecule has 6 heteroatoms. The number of allylic oxidation sites excluding steroid dienone is 3. The van der Waals surface area contributed by atoms with E-state index in [0.29, 0.717) is 6.42 Å². The van der Waals surface area contributed by atoms with Crippen LogP contribution in [-0.2, 0) is 14.4 Å². The van der Waals surface area contributed by atoms with Gasteiger partial charge in [-0.15, -0.1) is 0 Å². The minimum atomic E-state index is -1.29. The van der Waals surface area contributed by atoms with Gasteiger partial charge in [-0.1, -0.05) is 38.7 Å². The largest absolute Gasteiger partial charge is 0.480 e. The average molecular weight is 323 g/mol. The lowest BCUT2D eigenvalue weighted by molar-refractivity contribution is -0.149. The van der Waals surface area contributed by atoms with Crippen molar-refractivity contribution in [3.8, 4) is 0 Å². The molecule has 0 aliphatic heterocycles. The smallest absolute Gasteiger partial charge is 0.331 e. The third-order valence-corrected chi connectivity index (χ3v) is 3.81. The topological polar surface area (TPSA) is 94.9 Å². The van der Waals surface area contributed by atoms with Gasteiger partial charge in [-0.05, 0) is 26.6 Å². The molecule has 0 saturated carbocycles. The predicted octanol–water partition coefficient (Wildman–Crippen LogP) is 2.13. The SMILES string of the molecule is C=CC(=O)CCC.CC1C(C(=O)O)=CC=CC1(C(=O)O)N(C)C. The number of hydrogen-bond acceptors (Lipinski definition) is 4. The molecule has 0 aromatic rings. The van der Waals surface area contributed by atoms with Crippen LogP contribution in [0.3, 0.4) is 0 Å². The van der Waals surface area contributed by atoms with Crippen LogP contribution in [0.4, 0.5) is 0 Å². The lowest BCUT2D eigenvalue weighted by Gasteiger charge is -2.40. The van der Waals surface area contributed by atoms with Crippen molar-refractivity contribution >= 4 is 17.7 Å². The summed E-state index contributed by atoms with van der Waals surface area (Å²) in [6, 6.07) is 0. The molecule has 0 aromatic carbocycles. The fourth-order valence-corrected chi connectivity index (χ4v) is 2.41. The number of carboxylic acid groups (broad SMARTS) is 2. The number of likely N-dealkylation sites (N-methyl/N-ethyl adjacent to an activating group) is 1. The summed E-state index contributed by atoms with van der Waals surface area (Å²) < 4.78 is 0. The molecule has 0 saturated heterocycles. The summed E-state index contributed by atoms with van der Waals surface area (Å²) in [6.45, 7) is 6.91. The van der Waals surface area contributed by atoms with Crippen LogP contribution in [0, 0.1) is 5.92 Å². The first-order valence-corrected chi connectivity index (χ1v) is 7.33. The van der Waals surface area contributed by atoms with E-state index < -0.39 is 23.4 Å². The number of rotatable bonds is 6. The highest BCUT2D eigenvalue weighted by Crippen LogP contribution is 2.34. The number of nitrogens with zero attached hydrogens (tertiary/aromatic N) is 1. The van der Waals surface area contributed by atoms with Crippen LogP contribution >= 0.6 is 0 Å². The summed E-state index contributed by atoms with van der Waals surface area (Å²) in [6.07, 6.45) is 7.37. The van der Waals surface area contributed by atoms with Crippen molar-refractivity contribution in [2.24, 2.45) is 5.92 Å². The Morgan fingerprint density at radius 2 is 1.91 bits per heavy atom. The number of carboxylic acids is 2. The molecule has 128 valence electrons. The van der Waals surface area contributed by atoms with Crippen LogP contribution in [0.5, 0.6) is 0 Å². The van der Waals surface area contributed by atoms with Crippen LogP contribution in [0.25, 0.3) is 0 Å². The molecule has 2 atom stereocenters. The summed E-state index contributed by atoms with van der Waals surface area (Å²) >= 11 is 0. The molecule has 1 aliphatic carbocycles. The van der Waals surface area contributed by atoms with Crippen molar-refractivity contribution in [1.29, 1.82) is 0 Å². The lowest BCUT2D eigenvalue weighted by atomic mass is 9.76. The Hall–Kier alpha value is -2.21. The van der Waals surface area contributed by atoms with Gasteiger partial charge in [0.1, 0.15) is 5.54 Å². The zero-order chi connectivity index (χ0) is 18.2. The molecule has 0 fully saturated rings. The van der Waals surface area contributed by atoms with Crippen LogP contribution in [-0.4, -0.2) is 52.5 Å². The van der Waals surface area contributed by atoms with Gasteiger partial charge in [0.15, 0.2) is 5.78 Å². The molecule has 2 unspecified atom stereocenters. The second-order valence-corrected chi connectivity index (χ2v) is 5.45. The van der Waals surface area contributed by atoms with E-state index in [4.69, 9.17) is 5.11 Å². The third-order valence-electron chi connectivity index (χ3n) is 3.81. The van der Waals surface area contributed by atoms with E-state index in [1.54, 1.807) is 21.0 Å². The maximum absolute atomic E-state index is 11.4. The van der Waals surface area contributed by atoms with Gasteiger partial charge in [0.05, 0.1) is 0 Å². The van der Waals surface area contributed by atoms with Crippen molar-refractivity contribution < 1.29 is 24.6 Å². The van der Waals surface area contributed by atoms with Crippen molar-refractivity contribution in [1.82, 2.24) is 4.90 Å². The number of aliphatic carboxylic acids is 2. The molecule has 0 amide bonds. The summed E-state index contributed by atoms with van der Waals surface area (Å²) in [4.78, 5) is 34.2. The van der Waals surface area contributed by atoms with Crippen molar-refractivity contribution in [3.05, 3.63) is 36.5 Å². The predicted molar refractivity (Wildman–Crippen MR) is 88.2 cm³/mol. The first-order chi connectivity index (χ1) is 10.6. The molecule has 6 nitrogen and oxygen atoms in total. The van der Waals surface area contributed by atoms with E-state index in [0.717, 1.165) is 6.42 Å². The van der Waals surface area contributed by atoms with Gasteiger partial charge >= 0.3 is 11.9 Å². The average Bonchev–Trinajstić information content (AvgIpc) is 2.47. The lowest BCUT2D eigenvalue weighted by Crippen LogP contribution is -2.56. The van der Waals surface area contributed by atoms with Gasteiger partial charge in [-0.3, -0.25) is 9.69 Å². The van der Waals surface area contributed by atoms with Crippen molar-refractivity contribution in [3.63, 3.8) is 0 Å². The number of hydrogen-bond donors (Lipinski definition) is 2. The van der Waals surface area contributed by atoms with E-state index in [2.05, 4.69) is 6.58 Å². The van der Waals surface area contributed by atoms with Gasteiger partial charge in [0, 0.05) is 17.9 Å². The Morgan fingerprint density at radius 3 is 2.22 bits per heavy atom. The molecule has 0 aromatic heterocycles. The highest BCUT2D eigenvalue weighted by molar-refractivity contribution is 5.92. The molecule has 0 spiro atoms. The minimum Gasteiger partial charge on any atom is -0.480 e. The van der Waals surface area contributed by atoms with E-state index in [-0.39, 0.29) is 11.4 Å². The Labute approximate surface area is 136 Å². The van der Waals surface area contributed by atoms with E-state index in [9.17, 15) is 19.5 Å². The summed E-state index contributed by atoms with van der Waals surface area (Å²) in [5.41, 5.74) is -1.18. The molecule has 0 heterocycles. The van der Waals surface area contributed by atoms with Crippen LogP contribution in [0.2, 0.25) is 0 Å². The van der Waals surface area contributed by atoms with Gasteiger partial charge in [-0.2, -0.15) is 0 Å². The van der Waals surface area contributed by atoms with Crippen LogP contribution in [0.1, 0.15) is 26.7 Å². The maximum Gasteiger partial charge on any atom is 0.331 e. The second kappa shape index (κ2) is 9.05. The maximum atomic E-state index is 11.4. The number of carbonyl (C=O) groups excluding carboxylic acids is 1. The molecule has 23 heavy (non-hydrogen) atoms. The van der Waals surface area contributed by atoms with E-state index in [1.165, 1.54) is 29.2 Å². The summed E-state index contributed by atoms with van der Waals surface area (Å²) in [7, 11) is 3.25. The number of carbonyl (C=O) groups is 3. The van der Waals surface area contributed by atoms with E-state index in [1.807, 2.05) is 6.92 Å². The Bertz CT molecular complexity index is 533. The minimum absolute atomic E-state index is 0.110. The first kappa shape index (κ1) is 20.8. The van der Waals surface area contributed by atoms with Crippen LogP contribution < -0.4 is 0 Å². The summed E-state index contributed by atoms with van der Waals surface area (Å²) in [5.74, 6) is -2.59. The Balaban J connectivity index is 0.000000585. The monoisotopic (exact) mass is 323 g/mol. The molecule has 2 N–H and O–H groups in total. The van der Waals surface area contributed by atoms with E-state index >= 15 is 0 Å².